The molecule has 0 aliphatic heterocycles. The number of nitrogens with two attached hydrogens (primary N) is 1. The summed E-state index contributed by atoms with van der Waals surface area (Å²) >= 11 is 0. The molecule has 2 aromatic rings. The molecule has 0 saturated heterocycles. The molecule has 0 saturated carbocycles. The molecule has 0 radical (unpaired) electrons. The molecule has 2 rings (SSSR count). The number of hydrogen-bond donors (Lipinski definition) is 1. The summed E-state index contributed by atoms with van der Waals surface area (Å²) in [5.74, 6) is 3.40. The van der Waals surface area contributed by atoms with E-state index < -0.39 is 0 Å². The normalized spacial score (nSPS) is 11.9. The zero-order chi connectivity index (χ0) is 14.4. The van der Waals surface area contributed by atoms with Crippen molar-refractivity contribution < 1.29 is 0 Å². The number of anilines is 1. The predicted octanol–water partition coefficient (Wildman–Crippen LogP) is 1.86. The van der Waals surface area contributed by atoms with Crippen molar-refractivity contribution in [3.05, 3.63) is 23.0 Å². The van der Waals surface area contributed by atoms with Crippen LogP contribution >= 0.6 is 0 Å². The summed E-state index contributed by atoms with van der Waals surface area (Å²) in [7, 11) is 0. The minimum absolute atomic E-state index is 0.167. The third-order valence-corrected chi connectivity index (χ3v) is 2.90. The van der Waals surface area contributed by atoms with E-state index in [9.17, 15) is 0 Å². The number of rotatable bonds is 1. The van der Waals surface area contributed by atoms with E-state index in [0.29, 0.717) is 23.3 Å². The molecule has 0 fully saturated rings. The first-order valence-electron chi connectivity index (χ1n) is 6.25. The third-order valence-electron chi connectivity index (χ3n) is 2.90. The monoisotopic (exact) mass is 260 g/mol. The summed E-state index contributed by atoms with van der Waals surface area (Å²) in [5.41, 5.74) is 6.65. The van der Waals surface area contributed by atoms with E-state index in [1.165, 1.54) is 0 Å². The van der Waals surface area contributed by atoms with Gasteiger partial charge < -0.3 is 5.73 Å². The minimum atomic E-state index is -0.167. The van der Waals surface area contributed by atoms with Gasteiger partial charge in [0.25, 0.3) is 0 Å². The van der Waals surface area contributed by atoms with E-state index in [2.05, 4.69) is 40.8 Å². The quantitative estimate of drug-likeness (QED) is 0.846. The van der Waals surface area contributed by atoms with Crippen molar-refractivity contribution in [1.29, 1.82) is 0 Å². The van der Waals surface area contributed by atoms with Crippen LogP contribution in [-0.4, -0.2) is 24.7 Å². The Morgan fingerprint density at radius 3 is 2.11 bits per heavy atom. The maximum Gasteiger partial charge on any atom is 0.164 e. The predicted molar refractivity (Wildman–Crippen MR) is 74.3 cm³/mol. The Bertz CT molecular complexity index is 621. The Kier molecular flexibility index (Phi) is 3.04. The topological polar surface area (TPSA) is 82.5 Å². The molecule has 0 bridgehead atoms. The molecule has 19 heavy (non-hydrogen) atoms. The van der Waals surface area contributed by atoms with Gasteiger partial charge in [-0.15, -0.1) is 5.10 Å². The number of aromatic nitrogens is 5. The van der Waals surface area contributed by atoms with Crippen molar-refractivity contribution in [2.24, 2.45) is 0 Å². The first-order valence-corrected chi connectivity index (χ1v) is 6.25. The van der Waals surface area contributed by atoms with Crippen molar-refractivity contribution in [3.8, 4) is 5.82 Å². The van der Waals surface area contributed by atoms with Gasteiger partial charge in [0.2, 0.25) is 0 Å². The van der Waals surface area contributed by atoms with Crippen LogP contribution in [0.1, 0.15) is 43.8 Å². The van der Waals surface area contributed by atoms with E-state index in [1.54, 1.807) is 4.68 Å². The van der Waals surface area contributed by atoms with E-state index in [-0.39, 0.29) is 5.41 Å². The van der Waals surface area contributed by atoms with Gasteiger partial charge in [0.05, 0.1) is 0 Å². The Balaban J connectivity index is 2.69. The summed E-state index contributed by atoms with van der Waals surface area (Å²) in [6, 6.07) is 0. The average molecular weight is 260 g/mol. The molecule has 0 aliphatic rings. The van der Waals surface area contributed by atoms with Gasteiger partial charge in [-0.3, -0.25) is 0 Å². The van der Waals surface area contributed by atoms with Crippen LogP contribution in [0.5, 0.6) is 0 Å². The highest BCUT2D eigenvalue weighted by atomic mass is 15.4. The SMILES string of the molecule is Cc1nc(C)n(-c2nc(C(C)(C)C)nc(N)c2C)n1. The first kappa shape index (κ1) is 13.5. The van der Waals surface area contributed by atoms with Gasteiger partial charge in [-0.25, -0.2) is 15.0 Å². The Labute approximate surface area is 113 Å². The van der Waals surface area contributed by atoms with Crippen molar-refractivity contribution in [1.82, 2.24) is 24.7 Å². The lowest BCUT2D eigenvalue weighted by molar-refractivity contribution is 0.541. The maximum atomic E-state index is 6.00. The van der Waals surface area contributed by atoms with Gasteiger partial charge in [-0.1, -0.05) is 20.8 Å². The zero-order valence-corrected chi connectivity index (χ0v) is 12.3. The second-order valence-electron chi connectivity index (χ2n) is 5.75. The van der Waals surface area contributed by atoms with Gasteiger partial charge in [-0.05, 0) is 20.8 Å². The fourth-order valence-corrected chi connectivity index (χ4v) is 1.78. The van der Waals surface area contributed by atoms with Crippen LogP contribution in [0.2, 0.25) is 0 Å². The van der Waals surface area contributed by atoms with Gasteiger partial charge in [0.1, 0.15) is 23.3 Å². The molecule has 102 valence electrons. The Morgan fingerprint density at radius 1 is 1.00 bits per heavy atom. The number of nitrogens with zero attached hydrogens (tertiary/aromatic N) is 5. The summed E-state index contributed by atoms with van der Waals surface area (Å²) in [6.07, 6.45) is 0. The lowest BCUT2D eigenvalue weighted by Gasteiger charge is -2.19. The van der Waals surface area contributed by atoms with Crippen LogP contribution in [0.4, 0.5) is 5.82 Å². The molecule has 0 spiro atoms. The van der Waals surface area contributed by atoms with Crippen LogP contribution in [0.3, 0.4) is 0 Å². The summed E-state index contributed by atoms with van der Waals surface area (Å²) in [5, 5.41) is 4.37. The summed E-state index contributed by atoms with van der Waals surface area (Å²) in [4.78, 5) is 13.3. The second-order valence-corrected chi connectivity index (χ2v) is 5.75. The van der Waals surface area contributed by atoms with Gasteiger partial charge >= 0.3 is 0 Å². The van der Waals surface area contributed by atoms with E-state index in [1.807, 2.05) is 20.8 Å². The average Bonchev–Trinajstić information content (AvgIpc) is 2.60. The molecule has 2 aromatic heterocycles. The molecular weight excluding hydrogens is 240 g/mol. The maximum absolute atomic E-state index is 6.00. The molecular formula is C13H20N6. The molecule has 0 aromatic carbocycles. The molecule has 6 nitrogen and oxygen atoms in total. The van der Waals surface area contributed by atoms with Crippen LogP contribution < -0.4 is 5.73 Å². The molecule has 0 aliphatic carbocycles. The number of hydrogen-bond acceptors (Lipinski definition) is 5. The highest BCUT2D eigenvalue weighted by Crippen LogP contribution is 2.24. The number of aryl methyl sites for hydroxylation is 2. The molecule has 6 heteroatoms. The highest BCUT2D eigenvalue weighted by molar-refractivity contribution is 5.48. The van der Waals surface area contributed by atoms with E-state index in [0.717, 1.165) is 11.4 Å². The molecule has 0 atom stereocenters. The summed E-state index contributed by atoms with van der Waals surface area (Å²) in [6.45, 7) is 11.8. The van der Waals surface area contributed by atoms with Crippen molar-refractivity contribution in [2.75, 3.05) is 5.73 Å². The largest absolute Gasteiger partial charge is 0.383 e. The molecule has 0 amide bonds. The van der Waals surface area contributed by atoms with Crippen molar-refractivity contribution >= 4 is 5.82 Å². The number of nitrogen functional groups attached to an aromatic ring is 1. The summed E-state index contributed by atoms with van der Waals surface area (Å²) < 4.78 is 1.72. The molecule has 0 unspecified atom stereocenters. The molecule has 2 heterocycles. The minimum Gasteiger partial charge on any atom is -0.383 e. The highest BCUT2D eigenvalue weighted by Gasteiger charge is 2.22. The lowest BCUT2D eigenvalue weighted by atomic mass is 9.95. The fraction of sp³-hybridized carbons (Fsp3) is 0.538. The Hall–Kier alpha value is -1.98. The lowest BCUT2D eigenvalue weighted by Crippen LogP contribution is -2.20. The van der Waals surface area contributed by atoms with Crippen molar-refractivity contribution in [2.45, 2.75) is 47.0 Å². The van der Waals surface area contributed by atoms with Crippen molar-refractivity contribution in [3.63, 3.8) is 0 Å². The van der Waals surface area contributed by atoms with Gasteiger partial charge in [-0.2, -0.15) is 4.68 Å². The van der Waals surface area contributed by atoms with Crippen LogP contribution in [0.25, 0.3) is 5.82 Å². The first-order chi connectivity index (χ1) is 8.70. The van der Waals surface area contributed by atoms with E-state index >= 15 is 0 Å². The van der Waals surface area contributed by atoms with Gasteiger partial charge in [0, 0.05) is 11.0 Å². The van der Waals surface area contributed by atoms with Crippen LogP contribution in [0.15, 0.2) is 0 Å². The smallest absolute Gasteiger partial charge is 0.164 e. The standard InChI is InChI=1S/C13H20N6/c1-7-10(14)16-12(13(4,5)6)17-11(7)19-9(3)15-8(2)18-19/h1-6H3,(H2,14,16,17). The van der Waals surface area contributed by atoms with E-state index in [4.69, 9.17) is 5.73 Å². The van der Waals surface area contributed by atoms with Crippen LogP contribution in [-0.2, 0) is 5.41 Å². The van der Waals surface area contributed by atoms with Gasteiger partial charge in [0.15, 0.2) is 5.82 Å². The van der Waals surface area contributed by atoms with Crippen LogP contribution in [0, 0.1) is 20.8 Å². The molecule has 2 N–H and O–H groups in total. The zero-order valence-electron chi connectivity index (χ0n) is 12.3. The Morgan fingerprint density at radius 2 is 1.63 bits per heavy atom. The second kappa shape index (κ2) is 4.29. The fourth-order valence-electron chi connectivity index (χ4n) is 1.78. The third kappa shape index (κ3) is 2.43.